The average molecular weight is 292 g/mol. The molecule has 1 aromatic heterocycles. The molecule has 2 rings (SSSR count). The lowest BCUT2D eigenvalue weighted by molar-refractivity contribution is -0.129. The minimum atomic E-state index is -0.380. The maximum Gasteiger partial charge on any atom is 0.243 e. The van der Waals surface area contributed by atoms with Crippen LogP contribution in [-0.2, 0) is 17.8 Å². The summed E-state index contributed by atoms with van der Waals surface area (Å²) >= 11 is 0. The number of aryl methyl sites for hydroxylation is 1. The van der Waals surface area contributed by atoms with E-state index < -0.39 is 0 Å². The van der Waals surface area contributed by atoms with Gasteiger partial charge in [-0.05, 0) is 37.0 Å². The zero-order chi connectivity index (χ0) is 15.1. The molecule has 0 bridgehead atoms. The van der Waals surface area contributed by atoms with Gasteiger partial charge in [0.05, 0.1) is 12.2 Å². The number of nitrogens with zero attached hydrogens (tertiary/aromatic N) is 3. The molecule has 1 aromatic carbocycles. The number of nitrogens with one attached hydrogen (secondary N) is 1. The molecule has 0 aliphatic rings. The zero-order valence-corrected chi connectivity index (χ0v) is 11.5. The monoisotopic (exact) mass is 292 g/mol. The van der Waals surface area contributed by atoms with Crippen molar-refractivity contribution in [2.24, 2.45) is 0 Å². The number of benzene rings is 1. The Labute approximate surface area is 121 Å². The Bertz CT molecular complexity index is 583. The summed E-state index contributed by atoms with van der Waals surface area (Å²) in [7, 11) is 0. The fourth-order valence-electron chi connectivity index (χ4n) is 1.95. The van der Waals surface area contributed by atoms with Crippen LogP contribution in [0.4, 0.5) is 4.39 Å². The standard InChI is InChI=1S/C14H17FN4O2/c15-12-7-5-11(6-8-12)9-19-10-13(16-18-19)3-1-2-4-14(20)17-21/h5-8,10,21H,1-4,9H2,(H,17,20). The van der Waals surface area contributed by atoms with E-state index in [1.165, 1.54) is 12.1 Å². The van der Waals surface area contributed by atoms with Gasteiger partial charge in [-0.1, -0.05) is 17.3 Å². The van der Waals surface area contributed by atoms with Crippen LogP contribution in [0.5, 0.6) is 0 Å². The minimum absolute atomic E-state index is 0.259. The summed E-state index contributed by atoms with van der Waals surface area (Å²) in [6.45, 7) is 0.542. The SMILES string of the molecule is O=C(CCCCc1cn(Cc2ccc(F)cc2)nn1)NO. The fourth-order valence-corrected chi connectivity index (χ4v) is 1.95. The number of amides is 1. The third-order valence-electron chi connectivity index (χ3n) is 3.06. The average Bonchev–Trinajstić information content (AvgIpc) is 2.93. The number of aromatic nitrogens is 3. The van der Waals surface area contributed by atoms with Crippen LogP contribution in [-0.4, -0.2) is 26.1 Å². The summed E-state index contributed by atoms with van der Waals surface area (Å²) in [4.78, 5) is 10.8. The molecule has 21 heavy (non-hydrogen) atoms. The number of hydroxylamine groups is 1. The van der Waals surface area contributed by atoms with Gasteiger partial charge >= 0.3 is 0 Å². The molecule has 112 valence electrons. The Morgan fingerprint density at radius 1 is 1.29 bits per heavy atom. The van der Waals surface area contributed by atoms with Crippen molar-refractivity contribution in [1.82, 2.24) is 20.5 Å². The molecule has 0 saturated carbocycles. The van der Waals surface area contributed by atoms with E-state index in [0.717, 1.165) is 24.1 Å². The van der Waals surface area contributed by atoms with Gasteiger partial charge < -0.3 is 0 Å². The Balaban J connectivity index is 1.78. The quantitative estimate of drug-likeness (QED) is 0.462. The summed E-state index contributed by atoms with van der Waals surface area (Å²) in [6, 6.07) is 6.26. The summed E-state index contributed by atoms with van der Waals surface area (Å²) < 4.78 is 14.5. The van der Waals surface area contributed by atoms with Crippen LogP contribution in [0, 0.1) is 5.82 Å². The molecule has 0 fully saturated rings. The van der Waals surface area contributed by atoms with Gasteiger partial charge in [0.1, 0.15) is 5.82 Å². The third kappa shape index (κ3) is 4.96. The molecule has 0 atom stereocenters. The van der Waals surface area contributed by atoms with Crippen molar-refractivity contribution in [3.05, 3.63) is 47.5 Å². The Morgan fingerprint density at radius 3 is 2.76 bits per heavy atom. The Hall–Kier alpha value is -2.28. The smallest absolute Gasteiger partial charge is 0.243 e. The van der Waals surface area contributed by atoms with Gasteiger partial charge in [0.2, 0.25) is 5.91 Å². The van der Waals surface area contributed by atoms with Gasteiger partial charge in [-0.15, -0.1) is 5.10 Å². The molecule has 7 heteroatoms. The first-order valence-corrected chi connectivity index (χ1v) is 6.74. The molecule has 0 aliphatic heterocycles. The highest BCUT2D eigenvalue weighted by Gasteiger charge is 2.03. The van der Waals surface area contributed by atoms with Crippen LogP contribution in [0.15, 0.2) is 30.5 Å². The predicted molar refractivity (Wildman–Crippen MR) is 73.0 cm³/mol. The number of carbonyl (C=O) groups excluding carboxylic acids is 1. The molecule has 2 aromatic rings. The van der Waals surface area contributed by atoms with Crippen LogP contribution in [0.3, 0.4) is 0 Å². The summed E-state index contributed by atoms with van der Waals surface area (Å²) in [5.74, 6) is -0.639. The van der Waals surface area contributed by atoms with Gasteiger partial charge in [0, 0.05) is 12.6 Å². The van der Waals surface area contributed by atoms with Gasteiger partial charge in [0.25, 0.3) is 0 Å². The Morgan fingerprint density at radius 2 is 2.05 bits per heavy atom. The van der Waals surface area contributed by atoms with Crippen LogP contribution < -0.4 is 5.48 Å². The number of hydrogen-bond donors (Lipinski definition) is 2. The zero-order valence-electron chi connectivity index (χ0n) is 11.5. The lowest BCUT2D eigenvalue weighted by Crippen LogP contribution is -2.17. The van der Waals surface area contributed by atoms with E-state index in [1.807, 2.05) is 6.20 Å². The van der Waals surface area contributed by atoms with Gasteiger partial charge in [0.15, 0.2) is 0 Å². The van der Waals surface area contributed by atoms with Crippen molar-refractivity contribution in [2.75, 3.05) is 0 Å². The number of hydrogen-bond acceptors (Lipinski definition) is 4. The van der Waals surface area contributed by atoms with Gasteiger partial charge in [-0.3, -0.25) is 10.0 Å². The lowest BCUT2D eigenvalue weighted by atomic mass is 10.1. The molecule has 0 spiro atoms. The number of unbranched alkanes of at least 4 members (excludes halogenated alkanes) is 1. The van der Waals surface area contributed by atoms with E-state index >= 15 is 0 Å². The molecule has 6 nitrogen and oxygen atoms in total. The largest absolute Gasteiger partial charge is 0.289 e. The fraction of sp³-hybridized carbons (Fsp3) is 0.357. The summed E-state index contributed by atoms with van der Waals surface area (Å²) in [5.41, 5.74) is 3.40. The van der Waals surface area contributed by atoms with E-state index in [-0.39, 0.29) is 11.7 Å². The second-order valence-corrected chi connectivity index (χ2v) is 4.78. The number of halogens is 1. The molecular formula is C14H17FN4O2. The maximum absolute atomic E-state index is 12.8. The topological polar surface area (TPSA) is 80.0 Å². The predicted octanol–water partition coefficient (Wildman–Crippen LogP) is 1.68. The first-order valence-electron chi connectivity index (χ1n) is 6.74. The number of rotatable bonds is 7. The van der Waals surface area contributed by atoms with E-state index in [1.54, 1.807) is 22.3 Å². The van der Waals surface area contributed by atoms with E-state index in [0.29, 0.717) is 19.4 Å². The van der Waals surface area contributed by atoms with Crippen LogP contribution in [0.25, 0.3) is 0 Å². The van der Waals surface area contributed by atoms with Crippen molar-refractivity contribution in [2.45, 2.75) is 32.2 Å². The summed E-state index contributed by atoms with van der Waals surface area (Å²) in [5, 5.41) is 16.4. The van der Waals surface area contributed by atoms with Gasteiger partial charge in [-0.2, -0.15) is 0 Å². The maximum atomic E-state index is 12.8. The highest BCUT2D eigenvalue weighted by atomic mass is 19.1. The van der Waals surface area contributed by atoms with Gasteiger partial charge in [-0.25, -0.2) is 14.6 Å². The van der Waals surface area contributed by atoms with E-state index in [4.69, 9.17) is 5.21 Å². The molecule has 0 saturated heterocycles. The van der Waals surface area contributed by atoms with Crippen molar-refractivity contribution in [3.8, 4) is 0 Å². The second-order valence-electron chi connectivity index (χ2n) is 4.78. The molecule has 1 amide bonds. The van der Waals surface area contributed by atoms with Crippen LogP contribution >= 0.6 is 0 Å². The second kappa shape index (κ2) is 7.49. The number of carbonyl (C=O) groups is 1. The molecule has 2 N–H and O–H groups in total. The van der Waals surface area contributed by atoms with Crippen molar-refractivity contribution in [3.63, 3.8) is 0 Å². The van der Waals surface area contributed by atoms with E-state index in [2.05, 4.69) is 10.3 Å². The molecule has 1 heterocycles. The van der Waals surface area contributed by atoms with E-state index in [9.17, 15) is 9.18 Å². The molecule has 0 unspecified atom stereocenters. The van der Waals surface area contributed by atoms with Crippen molar-refractivity contribution in [1.29, 1.82) is 0 Å². The lowest BCUT2D eigenvalue weighted by Gasteiger charge is -2.00. The molecule has 0 radical (unpaired) electrons. The minimum Gasteiger partial charge on any atom is -0.289 e. The third-order valence-corrected chi connectivity index (χ3v) is 3.06. The van der Waals surface area contributed by atoms with Crippen LogP contribution in [0.1, 0.15) is 30.5 Å². The van der Waals surface area contributed by atoms with Crippen molar-refractivity contribution < 1.29 is 14.4 Å². The molecular weight excluding hydrogens is 275 g/mol. The first kappa shape index (κ1) is 15.1. The first-order chi connectivity index (χ1) is 10.2. The van der Waals surface area contributed by atoms with Crippen molar-refractivity contribution >= 4 is 5.91 Å². The normalized spacial score (nSPS) is 10.6. The van der Waals surface area contributed by atoms with Crippen LogP contribution in [0.2, 0.25) is 0 Å². The molecule has 0 aliphatic carbocycles. The highest BCUT2D eigenvalue weighted by Crippen LogP contribution is 2.07. The summed E-state index contributed by atoms with van der Waals surface area (Å²) in [6.07, 6.45) is 4.33. The highest BCUT2D eigenvalue weighted by molar-refractivity contribution is 5.74. The Kier molecular flexibility index (Phi) is 5.39.